The molecule has 1 aromatic carbocycles. The van der Waals surface area contributed by atoms with Gasteiger partial charge in [-0.1, -0.05) is 90.4 Å². The first-order chi connectivity index (χ1) is 25.5. The van der Waals surface area contributed by atoms with Crippen LogP contribution in [0.3, 0.4) is 0 Å². The van der Waals surface area contributed by atoms with E-state index in [1.807, 2.05) is 22.9 Å². The van der Waals surface area contributed by atoms with Crippen LogP contribution in [-0.2, 0) is 25.1 Å². The lowest BCUT2D eigenvalue weighted by Gasteiger charge is -2.22. The maximum absolute atomic E-state index is 14.0. The zero-order valence-corrected chi connectivity index (χ0v) is 32.0. The highest BCUT2D eigenvalue weighted by molar-refractivity contribution is 7.40. The number of fused-ring (bicyclic) bond motifs is 1. The van der Waals surface area contributed by atoms with Crippen molar-refractivity contribution in [1.82, 2.24) is 4.68 Å². The molecule has 0 bridgehead atoms. The number of aliphatic imine (C=N–C) groups is 1. The zero-order chi connectivity index (χ0) is 38.0. The van der Waals surface area contributed by atoms with E-state index in [0.29, 0.717) is 18.1 Å². The van der Waals surface area contributed by atoms with Gasteiger partial charge in [0.05, 0.1) is 55.5 Å². The van der Waals surface area contributed by atoms with E-state index in [-0.39, 0.29) is 43.7 Å². The van der Waals surface area contributed by atoms with E-state index in [1.54, 1.807) is 6.07 Å². The van der Waals surface area contributed by atoms with Gasteiger partial charge in [-0.15, -0.1) is 0 Å². The molecule has 0 radical (unpaired) electrons. The van der Waals surface area contributed by atoms with Crippen LogP contribution in [0.4, 0.5) is 4.39 Å². The van der Waals surface area contributed by atoms with Crippen LogP contribution in [0.5, 0.6) is 0 Å². The third-order valence-electron chi connectivity index (χ3n) is 9.03. The van der Waals surface area contributed by atoms with Crippen molar-refractivity contribution in [1.29, 1.82) is 10.5 Å². The van der Waals surface area contributed by atoms with E-state index < -0.39 is 14.4 Å². The first-order valence-electron chi connectivity index (χ1n) is 18.6. The van der Waals surface area contributed by atoms with E-state index in [0.717, 1.165) is 50.6 Å². The third kappa shape index (κ3) is 16.7. The van der Waals surface area contributed by atoms with Crippen molar-refractivity contribution < 1.29 is 32.9 Å². The Morgan fingerprint density at radius 1 is 1.02 bits per heavy atom. The van der Waals surface area contributed by atoms with Crippen LogP contribution in [0, 0.1) is 29.0 Å². The lowest BCUT2D eigenvalue weighted by atomic mass is 10.0. The number of aromatic nitrogens is 1. The van der Waals surface area contributed by atoms with E-state index >= 15 is 0 Å². The quantitative estimate of drug-likeness (QED) is 0.0607. The summed E-state index contributed by atoms with van der Waals surface area (Å²) in [6.45, 7) is 6.69. The topological polar surface area (TPSA) is 180 Å². The minimum absolute atomic E-state index is 0.112. The second-order valence-electron chi connectivity index (χ2n) is 12.9. The summed E-state index contributed by atoms with van der Waals surface area (Å²) in [5.41, 5.74) is 11.9. The second kappa shape index (κ2) is 27.5. The summed E-state index contributed by atoms with van der Waals surface area (Å²) in [5.74, 6) is 0.0341. The van der Waals surface area contributed by atoms with Gasteiger partial charge in [0.25, 0.3) is 0 Å². The molecular weight excluding hydrogens is 686 g/mol. The maximum Gasteiger partial charge on any atom is 0.330 e. The van der Waals surface area contributed by atoms with Crippen LogP contribution in [0.15, 0.2) is 35.3 Å². The average Bonchev–Trinajstić information content (AvgIpc) is 3.83. The van der Waals surface area contributed by atoms with E-state index in [2.05, 4.69) is 23.9 Å². The van der Waals surface area contributed by atoms with E-state index in [9.17, 15) is 14.5 Å². The molecule has 4 atom stereocenters. The van der Waals surface area contributed by atoms with Gasteiger partial charge >= 0.3 is 8.60 Å². The number of nitrogens with two attached hydrogens (primary N) is 1. The highest BCUT2D eigenvalue weighted by Gasteiger charge is 2.31. The van der Waals surface area contributed by atoms with Crippen molar-refractivity contribution in [3.63, 3.8) is 0 Å². The first kappa shape index (κ1) is 45.0. The fourth-order valence-corrected chi connectivity index (χ4v) is 7.01. The fraction of sp³-hybridized carbons (Fsp3) is 0.658. The van der Waals surface area contributed by atoms with Crippen molar-refractivity contribution in [3.8, 4) is 12.6 Å². The number of benzene rings is 1. The number of nitrogens with one attached hydrogen (secondary N) is 1. The number of hydrogen-bond donors (Lipinski definition) is 4. The molecular formula is C38H60FN6O6P. The van der Waals surface area contributed by atoms with Crippen LogP contribution >= 0.6 is 8.60 Å². The van der Waals surface area contributed by atoms with Crippen molar-refractivity contribution in [2.45, 2.75) is 135 Å². The number of amidine groups is 1. The molecule has 290 valence electrons. The van der Waals surface area contributed by atoms with Gasteiger partial charge in [-0.05, 0) is 55.2 Å². The molecule has 0 saturated carbocycles. The van der Waals surface area contributed by atoms with Gasteiger partial charge in [-0.3, -0.25) is 4.68 Å². The molecule has 4 unspecified atom stereocenters. The van der Waals surface area contributed by atoms with Crippen LogP contribution in [0.2, 0.25) is 0 Å². The molecule has 0 spiro atoms. The highest BCUT2D eigenvalue weighted by atomic mass is 31.2. The van der Waals surface area contributed by atoms with Gasteiger partial charge in [-0.2, -0.15) is 5.26 Å². The van der Waals surface area contributed by atoms with Gasteiger partial charge < -0.3 is 39.7 Å². The Morgan fingerprint density at radius 3 is 2.33 bits per heavy atom. The number of nitrogens with zero attached hydrogens (tertiary/aromatic N) is 4. The van der Waals surface area contributed by atoms with Gasteiger partial charge in [-0.25, -0.2) is 14.6 Å². The average molecular weight is 747 g/mol. The summed E-state index contributed by atoms with van der Waals surface area (Å²) >= 11 is 0. The smallest absolute Gasteiger partial charge is 0.330 e. The minimum Gasteiger partial charge on any atom is -0.400 e. The Kier molecular flexibility index (Phi) is 23.8. The lowest BCUT2D eigenvalue weighted by Crippen LogP contribution is -2.32. The minimum atomic E-state index is -2.13. The molecule has 14 heteroatoms. The molecule has 5 N–H and O–H groups in total. The van der Waals surface area contributed by atoms with Crippen LogP contribution in [0.1, 0.15) is 138 Å². The predicted molar refractivity (Wildman–Crippen MR) is 202 cm³/mol. The first-order valence-corrected chi connectivity index (χ1v) is 19.8. The summed E-state index contributed by atoms with van der Waals surface area (Å²) in [5, 5.41) is 22.7. The van der Waals surface area contributed by atoms with Crippen molar-refractivity contribution in [2.75, 3.05) is 32.4 Å². The Labute approximate surface area is 311 Å². The number of aliphatic hydroxyl groups excluding tert-OH is 1. The van der Waals surface area contributed by atoms with Gasteiger partial charge in [0.15, 0.2) is 0 Å². The third-order valence-corrected chi connectivity index (χ3v) is 9.77. The Morgan fingerprint density at radius 2 is 1.67 bits per heavy atom. The number of nitriles is 2. The molecule has 3 heterocycles. The zero-order valence-electron chi connectivity index (χ0n) is 31.1. The standard InChI is InChI=1S/C36H55FN5O5P.CHN.CH4O/c1-2-3-4-5-6-7-8-9-10-11-12-13-14-15-31(44-24-29-20-28(23-38)21-30(37)22-29)25-45-48(43)46-26-32-16-19-35(47-32)33-17-18-34-36(39)40-27-41-42(33)34;2*1-2/h17-18,20-22,31-32,35,41,43H,2-16,19,24-27H2,1H3,(H2,39,40);1H;2H,1H3. The summed E-state index contributed by atoms with van der Waals surface area (Å²) < 4.78 is 39.7. The van der Waals surface area contributed by atoms with E-state index in [1.165, 1.54) is 82.8 Å². The fourth-order valence-electron chi connectivity index (χ4n) is 6.35. The summed E-state index contributed by atoms with van der Waals surface area (Å²) in [7, 11) is -1.13. The number of ether oxygens (including phenoxy) is 2. The second-order valence-corrected chi connectivity index (χ2v) is 13.9. The van der Waals surface area contributed by atoms with Crippen LogP contribution in [0.25, 0.3) is 0 Å². The van der Waals surface area contributed by atoms with Gasteiger partial charge in [0, 0.05) is 13.7 Å². The molecule has 2 aliphatic rings. The monoisotopic (exact) mass is 746 g/mol. The molecule has 1 fully saturated rings. The predicted octanol–water partition coefficient (Wildman–Crippen LogP) is 8.01. The number of hydrogen-bond acceptors (Lipinski definition) is 11. The molecule has 12 nitrogen and oxygen atoms in total. The Balaban J connectivity index is 0.00000226. The lowest BCUT2D eigenvalue weighted by molar-refractivity contribution is -0.00978. The van der Waals surface area contributed by atoms with Crippen LogP contribution in [-0.4, -0.2) is 59.7 Å². The molecule has 4 rings (SSSR count). The summed E-state index contributed by atoms with van der Waals surface area (Å²) in [6.07, 6.45) is 18.3. The molecule has 2 aromatic rings. The van der Waals surface area contributed by atoms with Gasteiger partial charge in [0.1, 0.15) is 24.0 Å². The highest BCUT2D eigenvalue weighted by Crippen LogP contribution is 2.38. The van der Waals surface area contributed by atoms with E-state index in [4.69, 9.17) is 34.6 Å². The van der Waals surface area contributed by atoms with Crippen molar-refractivity contribution >= 4 is 14.4 Å². The summed E-state index contributed by atoms with van der Waals surface area (Å²) in [6, 6.07) is 10.1. The SMILES string of the molecule is C#N.CCCCCCCCCCCCCCCC(COP(O)OCC1CCC(c2ccc3n2NCN=C3N)O1)OCc1cc(F)cc(C#N)c1.CO. The molecule has 0 aliphatic carbocycles. The van der Waals surface area contributed by atoms with Crippen molar-refractivity contribution in [3.05, 3.63) is 58.7 Å². The number of halogens is 1. The Hall–Kier alpha value is -3.13. The molecule has 0 amide bonds. The normalized spacial score (nSPS) is 17.3. The molecule has 1 aromatic heterocycles. The summed E-state index contributed by atoms with van der Waals surface area (Å²) in [4.78, 5) is 14.8. The van der Waals surface area contributed by atoms with Gasteiger partial charge in [0.2, 0.25) is 0 Å². The molecule has 2 aliphatic heterocycles. The Bertz CT molecular complexity index is 1360. The van der Waals surface area contributed by atoms with Crippen molar-refractivity contribution in [2.24, 2.45) is 10.7 Å². The van der Waals surface area contributed by atoms with Crippen LogP contribution < -0.4 is 11.2 Å². The number of aliphatic hydroxyl groups is 1. The largest absolute Gasteiger partial charge is 0.400 e. The molecule has 52 heavy (non-hydrogen) atoms. The number of unbranched alkanes of at least 4 members (excludes halogenated alkanes) is 12. The maximum atomic E-state index is 14.0. The molecule has 1 saturated heterocycles. The number of rotatable bonds is 24.